The topological polar surface area (TPSA) is 28.2 Å². The smallest absolute Gasteiger partial charge is 0.185 e. The molecule has 102 valence electrons. The number of hydrogen-bond donors (Lipinski definition) is 1. The Morgan fingerprint density at radius 3 is 3.11 bits per heavy atom. The van der Waals surface area contributed by atoms with E-state index in [0.717, 1.165) is 6.54 Å². The van der Waals surface area contributed by atoms with Crippen molar-refractivity contribution < 1.29 is 0 Å². The maximum absolute atomic E-state index is 4.60. The summed E-state index contributed by atoms with van der Waals surface area (Å²) in [6.45, 7) is 8.89. The van der Waals surface area contributed by atoms with Crippen LogP contribution in [-0.2, 0) is 6.54 Å². The Kier molecular flexibility index (Phi) is 5.01. The molecule has 2 unspecified atom stereocenters. The molecule has 2 rings (SSSR count). The molecule has 1 aromatic rings. The second kappa shape index (κ2) is 6.53. The predicted molar refractivity (Wildman–Crippen MR) is 79.4 cm³/mol. The Morgan fingerprint density at radius 2 is 2.39 bits per heavy atom. The van der Waals surface area contributed by atoms with Gasteiger partial charge in [-0.2, -0.15) is 0 Å². The molecule has 1 fully saturated rings. The van der Waals surface area contributed by atoms with Gasteiger partial charge in [0.1, 0.15) is 0 Å². The van der Waals surface area contributed by atoms with Gasteiger partial charge in [-0.25, -0.2) is 4.98 Å². The lowest BCUT2D eigenvalue weighted by Gasteiger charge is -2.33. The molecular weight excluding hydrogens is 242 g/mol. The molecule has 1 saturated heterocycles. The molecule has 0 aromatic carbocycles. The van der Waals surface area contributed by atoms with Gasteiger partial charge in [0.05, 0.1) is 0 Å². The monoisotopic (exact) mass is 267 g/mol. The number of nitrogens with zero attached hydrogens (tertiary/aromatic N) is 2. The van der Waals surface area contributed by atoms with Crippen molar-refractivity contribution >= 4 is 16.5 Å². The molecule has 18 heavy (non-hydrogen) atoms. The van der Waals surface area contributed by atoms with E-state index in [-0.39, 0.29) is 0 Å². The summed E-state index contributed by atoms with van der Waals surface area (Å²) in [5.74, 6) is 0. The van der Waals surface area contributed by atoms with Crippen LogP contribution in [0.15, 0.2) is 6.20 Å². The maximum atomic E-state index is 4.60. The number of piperidine rings is 1. The minimum atomic E-state index is 0.587. The largest absolute Gasteiger partial charge is 0.345 e. The Morgan fingerprint density at radius 1 is 1.56 bits per heavy atom. The number of rotatable bonds is 5. The molecule has 0 spiro atoms. The minimum Gasteiger partial charge on any atom is -0.345 e. The number of hydrogen-bond acceptors (Lipinski definition) is 4. The Labute approximate surface area is 115 Å². The molecule has 0 saturated carbocycles. The van der Waals surface area contributed by atoms with Crippen LogP contribution < -0.4 is 10.2 Å². The lowest BCUT2D eigenvalue weighted by atomic mass is 10.1. The summed E-state index contributed by atoms with van der Waals surface area (Å²) in [5, 5.41) is 4.74. The number of anilines is 1. The van der Waals surface area contributed by atoms with Crippen LogP contribution in [0.1, 0.15) is 51.3 Å². The quantitative estimate of drug-likeness (QED) is 0.886. The first kappa shape index (κ1) is 13.8. The molecule has 1 aliphatic heterocycles. The van der Waals surface area contributed by atoms with E-state index < -0.39 is 0 Å². The zero-order chi connectivity index (χ0) is 13.0. The summed E-state index contributed by atoms with van der Waals surface area (Å²) in [5.41, 5.74) is 0. The van der Waals surface area contributed by atoms with Crippen LogP contribution in [0, 0.1) is 0 Å². The highest BCUT2D eigenvalue weighted by Gasteiger charge is 2.20. The third-order valence-corrected chi connectivity index (χ3v) is 4.86. The SMILES string of the molecule is CCC(C)NCc1cnc(N2CCCCC2C)s1. The van der Waals surface area contributed by atoms with Crippen molar-refractivity contribution in [1.29, 1.82) is 0 Å². The standard InChI is InChI=1S/C14H25N3S/c1-4-11(2)15-9-13-10-16-14(18-13)17-8-6-5-7-12(17)3/h10-12,15H,4-9H2,1-3H3. The second-order valence-corrected chi connectivity index (χ2v) is 6.43. The van der Waals surface area contributed by atoms with Crippen molar-refractivity contribution in [1.82, 2.24) is 10.3 Å². The van der Waals surface area contributed by atoms with Gasteiger partial charge >= 0.3 is 0 Å². The molecule has 0 aliphatic carbocycles. The van der Waals surface area contributed by atoms with E-state index >= 15 is 0 Å². The van der Waals surface area contributed by atoms with Crippen LogP contribution in [0.3, 0.4) is 0 Å². The van der Waals surface area contributed by atoms with Gasteiger partial charge in [-0.15, -0.1) is 11.3 Å². The van der Waals surface area contributed by atoms with Crippen LogP contribution in [-0.4, -0.2) is 23.6 Å². The van der Waals surface area contributed by atoms with Crippen molar-refractivity contribution in [3.63, 3.8) is 0 Å². The molecular formula is C14H25N3S. The summed E-state index contributed by atoms with van der Waals surface area (Å²) >= 11 is 1.85. The molecule has 4 heteroatoms. The van der Waals surface area contributed by atoms with Gasteiger partial charge in [-0.05, 0) is 39.5 Å². The summed E-state index contributed by atoms with van der Waals surface area (Å²) in [4.78, 5) is 8.42. The van der Waals surface area contributed by atoms with E-state index in [1.54, 1.807) is 0 Å². The van der Waals surface area contributed by atoms with E-state index in [2.05, 4.69) is 36.0 Å². The Bertz CT molecular complexity index is 364. The average molecular weight is 267 g/mol. The fraction of sp³-hybridized carbons (Fsp3) is 0.786. The van der Waals surface area contributed by atoms with Crippen molar-refractivity contribution in [2.75, 3.05) is 11.4 Å². The van der Waals surface area contributed by atoms with Crippen molar-refractivity contribution in [2.45, 2.75) is 65.1 Å². The van der Waals surface area contributed by atoms with E-state index in [1.165, 1.54) is 42.2 Å². The molecule has 0 bridgehead atoms. The van der Waals surface area contributed by atoms with Crippen molar-refractivity contribution in [2.24, 2.45) is 0 Å². The van der Waals surface area contributed by atoms with Gasteiger partial charge in [0, 0.05) is 36.2 Å². The Balaban J connectivity index is 1.92. The molecule has 1 N–H and O–H groups in total. The van der Waals surface area contributed by atoms with Gasteiger partial charge in [0.2, 0.25) is 0 Å². The number of nitrogens with one attached hydrogen (secondary N) is 1. The molecule has 2 atom stereocenters. The predicted octanol–water partition coefficient (Wildman–Crippen LogP) is 3.41. The van der Waals surface area contributed by atoms with Crippen LogP contribution in [0.2, 0.25) is 0 Å². The molecule has 3 nitrogen and oxygen atoms in total. The first-order valence-corrected chi connectivity index (χ1v) is 7.97. The fourth-order valence-corrected chi connectivity index (χ4v) is 3.30. The third-order valence-electron chi connectivity index (χ3n) is 3.83. The van der Waals surface area contributed by atoms with Crippen molar-refractivity contribution in [3.8, 4) is 0 Å². The first-order valence-electron chi connectivity index (χ1n) is 7.15. The number of thiazole rings is 1. The molecule has 0 amide bonds. The van der Waals surface area contributed by atoms with Crippen LogP contribution >= 0.6 is 11.3 Å². The summed E-state index contributed by atoms with van der Waals surface area (Å²) in [7, 11) is 0. The number of aromatic nitrogens is 1. The maximum Gasteiger partial charge on any atom is 0.185 e. The third kappa shape index (κ3) is 3.45. The van der Waals surface area contributed by atoms with Crippen LogP contribution in [0.5, 0.6) is 0 Å². The lowest BCUT2D eigenvalue weighted by Crippen LogP contribution is -2.37. The van der Waals surface area contributed by atoms with E-state index in [1.807, 2.05) is 17.5 Å². The van der Waals surface area contributed by atoms with Gasteiger partial charge in [-0.3, -0.25) is 0 Å². The molecule has 2 heterocycles. The van der Waals surface area contributed by atoms with Crippen molar-refractivity contribution in [3.05, 3.63) is 11.1 Å². The normalized spacial score (nSPS) is 22.2. The highest BCUT2D eigenvalue weighted by atomic mass is 32.1. The van der Waals surface area contributed by atoms with Gasteiger partial charge in [0.25, 0.3) is 0 Å². The van der Waals surface area contributed by atoms with E-state index in [9.17, 15) is 0 Å². The first-order chi connectivity index (χ1) is 8.70. The molecule has 1 aliphatic rings. The molecule has 1 aromatic heterocycles. The minimum absolute atomic E-state index is 0.587. The van der Waals surface area contributed by atoms with Crippen LogP contribution in [0.25, 0.3) is 0 Å². The van der Waals surface area contributed by atoms with Gasteiger partial charge in [-0.1, -0.05) is 6.92 Å². The van der Waals surface area contributed by atoms with Crippen LogP contribution in [0.4, 0.5) is 5.13 Å². The molecule has 0 radical (unpaired) electrons. The summed E-state index contributed by atoms with van der Waals surface area (Å²) in [6, 6.07) is 1.24. The fourth-order valence-electron chi connectivity index (χ4n) is 2.31. The van der Waals surface area contributed by atoms with E-state index in [0.29, 0.717) is 12.1 Å². The average Bonchev–Trinajstić information content (AvgIpc) is 2.85. The lowest BCUT2D eigenvalue weighted by molar-refractivity contribution is 0.484. The van der Waals surface area contributed by atoms with E-state index in [4.69, 9.17) is 0 Å². The summed E-state index contributed by atoms with van der Waals surface area (Å²) < 4.78 is 0. The highest BCUT2D eigenvalue weighted by molar-refractivity contribution is 7.15. The Hall–Kier alpha value is -0.610. The zero-order valence-electron chi connectivity index (χ0n) is 11.8. The highest BCUT2D eigenvalue weighted by Crippen LogP contribution is 2.28. The van der Waals surface area contributed by atoms with Gasteiger partial charge < -0.3 is 10.2 Å². The zero-order valence-corrected chi connectivity index (χ0v) is 12.6. The van der Waals surface area contributed by atoms with Gasteiger partial charge in [0.15, 0.2) is 5.13 Å². The summed E-state index contributed by atoms with van der Waals surface area (Å²) in [6.07, 6.45) is 7.20. The second-order valence-electron chi connectivity index (χ2n) is 5.34.